The van der Waals surface area contributed by atoms with Gasteiger partial charge >= 0.3 is 6.09 Å². The number of carbonyl (C=O) groups is 4. The summed E-state index contributed by atoms with van der Waals surface area (Å²) in [6.45, 7) is 6.45. The van der Waals surface area contributed by atoms with Crippen molar-refractivity contribution in [1.29, 1.82) is 0 Å². The van der Waals surface area contributed by atoms with E-state index in [9.17, 15) is 24.3 Å². The lowest BCUT2D eigenvalue weighted by Gasteiger charge is -2.39. The van der Waals surface area contributed by atoms with Gasteiger partial charge in [0.05, 0.1) is 18.6 Å². The molecule has 48 heavy (non-hydrogen) atoms. The van der Waals surface area contributed by atoms with E-state index in [-0.39, 0.29) is 43.5 Å². The molecule has 0 saturated carbocycles. The standard InChI is InChI=1S/C37H47N5O6/c1-37(2,3)41-34(45)20-29-19-27-16-10-11-17-28(27)22-42(29)23-32(43)30(18-25-12-6-4-7-13-25)39-35(46)31(21-33(38)44)40-36(47)48-24-26-14-8-5-9-15-26/h4-17,29-32,43H,18-24H2,1-3H3,(H2,38,44)(H,39,46)(H,40,47)(H,41,45)/t29?,30-,31-,32+/m0/s1. The topological polar surface area (TPSA) is 163 Å². The second kappa shape index (κ2) is 16.9. The maximum absolute atomic E-state index is 13.6. The first kappa shape index (κ1) is 36.1. The number of hydrogen-bond acceptors (Lipinski definition) is 7. The molecule has 4 amide bonds. The quantitative estimate of drug-likeness (QED) is 0.178. The minimum absolute atomic E-state index is 0.0269. The number of primary amides is 1. The molecular weight excluding hydrogens is 610 g/mol. The number of fused-ring (bicyclic) bond motifs is 1. The van der Waals surface area contributed by atoms with Crippen LogP contribution in [0, 0.1) is 0 Å². The average molecular weight is 658 g/mol. The molecule has 0 spiro atoms. The van der Waals surface area contributed by atoms with Gasteiger partial charge in [0.25, 0.3) is 0 Å². The van der Waals surface area contributed by atoms with Crippen molar-refractivity contribution in [3.05, 3.63) is 107 Å². The summed E-state index contributed by atoms with van der Waals surface area (Å²) in [4.78, 5) is 53.3. The van der Waals surface area contributed by atoms with E-state index in [1.54, 1.807) is 12.1 Å². The predicted octanol–water partition coefficient (Wildman–Crippen LogP) is 2.98. The summed E-state index contributed by atoms with van der Waals surface area (Å²) in [5, 5.41) is 20.1. The van der Waals surface area contributed by atoms with E-state index in [4.69, 9.17) is 10.5 Å². The zero-order chi connectivity index (χ0) is 34.7. The summed E-state index contributed by atoms with van der Waals surface area (Å²) in [5.74, 6) is -1.56. The summed E-state index contributed by atoms with van der Waals surface area (Å²) in [6, 6.07) is 24.2. The van der Waals surface area contributed by atoms with Crippen molar-refractivity contribution in [3.63, 3.8) is 0 Å². The number of nitrogens with one attached hydrogen (secondary N) is 3. The molecule has 0 saturated heterocycles. The Balaban J connectivity index is 1.51. The number of aliphatic hydroxyl groups excluding tert-OH is 1. The molecule has 0 aliphatic carbocycles. The Morgan fingerprint density at radius 3 is 2.12 bits per heavy atom. The largest absolute Gasteiger partial charge is 0.445 e. The molecule has 0 bridgehead atoms. The maximum Gasteiger partial charge on any atom is 0.408 e. The van der Waals surface area contributed by atoms with Gasteiger partial charge in [-0.2, -0.15) is 0 Å². The van der Waals surface area contributed by atoms with E-state index in [1.807, 2.05) is 87.5 Å². The van der Waals surface area contributed by atoms with Crippen LogP contribution in [0.3, 0.4) is 0 Å². The molecule has 256 valence electrons. The van der Waals surface area contributed by atoms with Crippen molar-refractivity contribution in [2.75, 3.05) is 6.54 Å². The Morgan fingerprint density at radius 1 is 0.896 bits per heavy atom. The van der Waals surface area contributed by atoms with Gasteiger partial charge in [-0.25, -0.2) is 4.79 Å². The Bertz CT molecular complexity index is 1530. The SMILES string of the molecule is CC(C)(C)NC(=O)CC1Cc2ccccc2CN1C[C@@H](O)[C@H](Cc1ccccc1)NC(=O)[C@H](CC(N)=O)NC(=O)OCc1ccccc1. The molecule has 4 rings (SSSR count). The number of hydrogen-bond donors (Lipinski definition) is 5. The molecule has 11 nitrogen and oxygen atoms in total. The first-order chi connectivity index (χ1) is 22.9. The highest BCUT2D eigenvalue weighted by Gasteiger charge is 2.34. The fraction of sp³-hybridized carbons (Fsp3) is 0.405. The van der Waals surface area contributed by atoms with E-state index >= 15 is 0 Å². The predicted molar refractivity (Wildman–Crippen MR) is 182 cm³/mol. The number of carbonyl (C=O) groups excluding carboxylic acids is 4. The zero-order valence-electron chi connectivity index (χ0n) is 27.9. The number of rotatable bonds is 14. The molecule has 1 unspecified atom stereocenters. The molecule has 0 radical (unpaired) electrons. The summed E-state index contributed by atoms with van der Waals surface area (Å²) >= 11 is 0. The molecule has 1 aliphatic rings. The maximum atomic E-state index is 13.6. The van der Waals surface area contributed by atoms with Crippen LogP contribution in [0.2, 0.25) is 0 Å². The van der Waals surface area contributed by atoms with Crippen molar-refractivity contribution in [1.82, 2.24) is 20.9 Å². The highest BCUT2D eigenvalue weighted by Crippen LogP contribution is 2.26. The molecule has 3 aromatic rings. The van der Waals surface area contributed by atoms with Crippen molar-refractivity contribution < 1.29 is 29.0 Å². The number of aliphatic hydroxyl groups is 1. The minimum Gasteiger partial charge on any atom is -0.445 e. The number of amides is 4. The van der Waals surface area contributed by atoms with Crippen molar-refractivity contribution in [3.8, 4) is 0 Å². The van der Waals surface area contributed by atoms with E-state index in [2.05, 4.69) is 26.9 Å². The van der Waals surface area contributed by atoms with Gasteiger partial charge in [0, 0.05) is 31.1 Å². The number of nitrogens with zero attached hydrogens (tertiary/aromatic N) is 1. The molecule has 4 atom stereocenters. The van der Waals surface area contributed by atoms with Crippen molar-refractivity contribution >= 4 is 23.8 Å². The fourth-order valence-electron chi connectivity index (χ4n) is 5.86. The molecule has 3 aromatic carbocycles. The second-order valence-corrected chi connectivity index (χ2v) is 13.4. The van der Waals surface area contributed by atoms with Crippen LogP contribution in [0.25, 0.3) is 0 Å². The van der Waals surface area contributed by atoms with Crippen LogP contribution in [0.5, 0.6) is 0 Å². The molecule has 0 fully saturated rings. The molecule has 1 heterocycles. The number of β-amino-alcohol motifs (C(OH)–C–C–N with tert-alkyl or cyclic N) is 1. The van der Waals surface area contributed by atoms with Crippen molar-refractivity contribution in [2.24, 2.45) is 5.73 Å². The van der Waals surface area contributed by atoms with Crippen LogP contribution < -0.4 is 21.7 Å². The average Bonchev–Trinajstić information content (AvgIpc) is 3.03. The summed E-state index contributed by atoms with van der Waals surface area (Å²) in [6.07, 6.45) is -1.28. The lowest BCUT2D eigenvalue weighted by atomic mass is 9.90. The molecule has 0 aromatic heterocycles. The molecule has 1 aliphatic heterocycles. The van der Waals surface area contributed by atoms with E-state index in [0.29, 0.717) is 13.0 Å². The number of nitrogens with two attached hydrogens (primary N) is 1. The van der Waals surface area contributed by atoms with Crippen LogP contribution in [0.4, 0.5) is 4.79 Å². The van der Waals surface area contributed by atoms with E-state index < -0.39 is 42.5 Å². The van der Waals surface area contributed by atoms with Gasteiger partial charge in [-0.1, -0.05) is 84.9 Å². The van der Waals surface area contributed by atoms with Crippen LogP contribution >= 0.6 is 0 Å². The Labute approximate surface area is 282 Å². The third kappa shape index (κ3) is 11.5. The third-order valence-corrected chi connectivity index (χ3v) is 8.14. The van der Waals surface area contributed by atoms with E-state index in [1.165, 1.54) is 0 Å². The first-order valence-corrected chi connectivity index (χ1v) is 16.3. The minimum atomic E-state index is -1.33. The molecular formula is C37H47N5O6. The smallest absolute Gasteiger partial charge is 0.408 e. The number of ether oxygens (including phenoxy) is 1. The Morgan fingerprint density at radius 2 is 1.50 bits per heavy atom. The Hall–Kier alpha value is -4.74. The number of benzene rings is 3. The van der Waals surface area contributed by atoms with Gasteiger partial charge in [-0.3, -0.25) is 19.3 Å². The first-order valence-electron chi connectivity index (χ1n) is 16.3. The van der Waals surface area contributed by atoms with Gasteiger partial charge < -0.3 is 31.5 Å². The zero-order valence-corrected chi connectivity index (χ0v) is 27.9. The summed E-state index contributed by atoms with van der Waals surface area (Å²) in [5.41, 5.74) is 8.95. The van der Waals surface area contributed by atoms with E-state index in [0.717, 1.165) is 22.3 Å². The number of alkyl carbamates (subject to hydrolysis) is 1. The lowest BCUT2D eigenvalue weighted by Crippen LogP contribution is -2.57. The highest BCUT2D eigenvalue weighted by molar-refractivity contribution is 5.90. The second-order valence-electron chi connectivity index (χ2n) is 13.4. The van der Waals surface area contributed by atoms with Gasteiger partial charge in [-0.05, 0) is 55.9 Å². The van der Waals surface area contributed by atoms with Gasteiger partial charge in [-0.15, -0.1) is 0 Å². The van der Waals surface area contributed by atoms with Gasteiger partial charge in [0.15, 0.2) is 0 Å². The lowest BCUT2D eigenvalue weighted by molar-refractivity contribution is -0.128. The molecule has 11 heteroatoms. The van der Waals surface area contributed by atoms with Crippen LogP contribution in [0.1, 0.15) is 55.9 Å². The molecule has 6 N–H and O–H groups in total. The van der Waals surface area contributed by atoms with Crippen LogP contribution in [-0.4, -0.2) is 70.1 Å². The van der Waals surface area contributed by atoms with Crippen molar-refractivity contribution in [2.45, 2.75) is 89.4 Å². The normalized spacial score (nSPS) is 16.5. The summed E-state index contributed by atoms with van der Waals surface area (Å²) < 4.78 is 5.27. The third-order valence-electron chi connectivity index (χ3n) is 8.14. The highest BCUT2D eigenvalue weighted by atomic mass is 16.5. The van der Waals surface area contributed by atoms with Gasteiger partial charge in [0.1, 0.15) is 12.6 Å². The monoisotopic (exact) mass is 657 g/mol. The van der Waals surface area contributed by atoms with Crippen LogP contribution in [0.15, 0.2) is 84.9 Å². The van der Waals surface area contributed by atoms with Crippen LogP contribution in [-0.2, 0) is 45.1 Å². The van der Waals surface area contributed by atoms with Gasteiger partial charge in [0.2, 0.25) is 17.7 Å². The Kier molecular flexibility index (Phi) is 12.7. The summed E-state index contributed by atoms with van der Waals surface area (Å²) in [7, 11) is 0. The fourth-order valence-corrected chi connectivity index (χ4v) is 5.86.